The van der Waals surface area contributed by atoms with Crippen LogP contribution >= 0.6 is 0 Å². The van der Waals surface area contributed by atoms with E-state index in [9.17, 15) is 25.5 Å². The molecule has 1 fully saturated rings. The Hall–Kier alpha value is -2.88. The number of phenols is 1. The second kappa shape index (κ2) is 8.47. The van der Waals surface area contributed by atoms with E-state index in [4.69, 9.17) is 4.74 Å². The molecule has 8 nitrogen and oxygen atoms in total. The summed E-state index contributed by atoms with van der Waals surface area (Å²) in [7, 11) is 0. The minimum absolute atomic E-state index is 0.174. The number of azo groups is 1. The molecule has 0 bridgehead atoms. The van der Waals surface area contributed by atoms with Gasteiger partial charge in [0.1, 0.15) is 36.3 Å². The van der Waals surface area contributed by atoms with Crippen molar-refractivity contribution in [3.05, 3.63) is 66.2 Å². The number of ether oxygens (including phenoxy) is 1. The summed E-state index contributed by atoms with van der Waals surface area (Å²) in [6.07, 6.45) is -6.01. The Balaban J connectivity index is 1.55. The second-order valence-electron chi connectivity index (χ2n) is 7.19. The van der Waals surface area contributed by atoms with E-state index < -0.39 is 37.1 Å². The zero-order valence-corrected chi connectivity index (χ0v) is 15.9. The highest BCUT2D eigenvalue weighted by Crippen LogP contribution is 2.35. The van der Waals surface area contributed by atoms with Crippen molar-refractivity contribution >= 4 is 22.1 Å². The Morgan fingerprint density at radius 1 is 0.767 bits per heavy atom. The van der Waals surface area contributed by atoms with Crippen LogP contribution in [0.1, 0.15) is 11.7 Å². The molecule has 0 aliphatic carbocycles. The highest BCUT2D eigenvalue weighted by molar-refractivity contribution is 5.96. The molecule has 0 amide bonds. The van der Waals surface area contributed by atoms with Crippen LogP contribution < -0.4 is 0 Å². The molecule has 0 unspecified atom stereocenters. The zero-order valence-electron chi connectivity index (χ0n) is 15.9. The van der Waals surface area contributed by atoms with Gasteiger partial charge >= 0.3 is 0 Å². The number of fused-ring (bicyclic) bond motifs is 1. The van der Waals surface area contributed by atoms with Crippen molar-refractivity contribution in [2.45, 2.75) is 30.5 Å². The van der Waals surface area contributed by atoms with Crippen molar-refractivity contribution in [3.63, 3.8) is 0 Å². The molecule has 4 rings (SSSR count). The lowest BCUT2D eigenvalue weighted by atomic mass is 9.91. The number of hydrogen-bond acceptors (Lipinski definition) is 8. The van der Waals surface area contributed by atoms with E-state index in [1.165, 1.54) is 0 Å². The predicted octanol–water partition coefficient (Wildman–Crippen LogP) is 2.48. The largest absolute Gasteiger partial charge is 0.507 e. The number of rotatable bonds is 4. The van der Waals surface area contributed by atoms with Gasteiger partial charge in [0.15, 0.2) is 0 Å². The van der Waals surface area contributed by atoms with Gasteiger partial charge in [-0.05, 0) is 29.8 Å². The molecule has 0 saturated carbocycles. The highest BCUT2D eigenvalue weighted by atomic mass is 16.5. The van der Waals surface area contributed by atoms with Gasteiger partial charge in [-0.15, -0.1) is 5.11 Å². The first kappa shape index (κ1) is 20.4. The third-order valence-corrected chi connectivity index (χ3v) is 5.27. The van der Waals surface area contributed by atoms with Crippen molar-refractivity contribution in [3.8, 4) is 5.75 Å². The number of benzene rings is 3. The molecule has 1 heterocycles. The maximum absolute atomic E-state index is 10.2. The van der Waals surface area contributed by atoms with E-state index in [2.05, 4.69) is 10.2 Å². The molecule has 1 aliphatic rings. The van der Waals surface area contributed by atoms with E-state index in [1.807, 2.05) is 18.2 Å². The molecule has 8 heteroatoms. The first-order valence-corrected chi connectivity index (χ1v) is 9.52. The maximum Gasteiger partial charge on any atom is 0.123 e. The van der Waals surface area contributed by atoms with Gasteiger partial charge in [0.2, 0.25) is 0 Å². The van der Waals surface area contributed by atoms with E-state index in [0.29, 0.717) is 22.3 Å². The van der Waals surface area contributed by atoms with Gasteiger partial charge in [-0.3, -0.25) is 0 Å². The molecule has 5 atom stereocenters. The van der Waals surface area contributed by atoms with E-state index in [1.54, 1.807) is 42.5 Å². The topological polar surface area (TPSA) is 135 Å². The first-order valence-electron chi connectivity index (χ1n) is 9.52. The summed E-state index contributed by atoms with van der Waals surface area (Å²) in [5, 5.41) is 59.4. The Labute approximate surface area is 172 Å². The lowest BCUT2D eigenvalue weighted by Crippen LogP contribution is -2.55. The molecule has 156 valence electrons. The van der Waals surface area contributed by atoms with Gasteiger partial charge in [-0.1, -0.05) is 36.4 Å². The molecule has 1 saturated heterocycles. The van der Waals surface area contributed by atoms with Crippen LogP contribution in [0.4, 0.5) is 11.4 Å². The summed E-state index contributed by atoms with van der Waals surface area (Å²) in [6.45, 7) is -0.478. The number of aliphatic hydroxyl groups is 4. The SMILES string of the molecule is OC[C@H]1O[C@@H](c2ccc(N=Nc3ccc(O)c4ccccc34)cc2)[C@H](O)[C@@H](O)[C@@H]1O. The number of hydrogen-bond donors (Lipinski definition) is 5. The quantitative estimate of drug-likeness (QED) is 0.419. The Morgan fingerprint density at radius 3 is 2.17 bits per heavy atom. The highest BCUT2D eigenvalue weighted by Gasteiger charge is 2.43. The molecule has 0 radical (unpaired) electrons. The molecule has 5 N–H and O–H groups in total. The van der Waals surface area contributed by atoms with Crippen LogP contribution in [0.25, 0.3) is 10.8 Å². The monoisotopic (exact) mass is 410 g/mol. The molecule has 1 aliphatic heterocycles. The maximum atomic E-state index is 10.2. The molecular formula is C22H22N2O6. The normalized spacial score (nSPS) is 27.0. The minimum atomic E-state index is -1.43. The van der Waals surface area contributed by atoms with Crippen LogP contribution in [0, 0.1) is 0 Å². The minimum Gasteiger partial charge on any atom is -0.507 e. The Bertz CT molecular complexity index is 1050. The lowest BCUT2D eigenvalue weighted by molar-refractivity contribution is -0.231. The van der Waals surface area contributed by atoms with Crippen molar-refractivity contribution < 1.29 is 30.3 Å². The van der Waals surface area contributed by atoms with E-state index in [0.717, 1.165) is 5.39 Å². The van der Waals surface area contributed by atoms with Crippen molar-refractivity contribution in [1.82, 2.24) is 0 Å². The van der Waals surface area contributed by atoms with Crippen LogP contribution in [0.15, 0.2) is 70.9 Å². The Kier molecular flexibility index (Phi) is 5.76. The second-order valence-corrected chi connectivity index (χ2v) is 7.19. The summed E-state index contributed by atoms with van der Waals surface area (Å²) in [5.41, 5.74) is 1.74. The fourth-order valence-electron chi connectivity index (χ4n) is 3.57. The van der Waals surface area contributed by atoms with Crippen molar-refractivity contribution in [2.24, 2.45) is 10.2 Å². The molecule has 0 spiro atoms. The summed E-state index contributed by atoms with van der Waals surface area (Å²) < 4.78 is 5.56. The standard InChI is InChI=1S/C22H22N2O6/c25-11-18-19(27)20(28)21(29)22(30-18)12-5-7-13(8-6-12)23-24-16-9-10-17(26)15-4-2-1-3-14(15)16/h1-10,18-22,25-29H,11H2/t18-,19-,20+,21-,22+/m1/s1. The number of nitrogens with zero attached hydrogens (tertiary/aromatic N) is 2. The van der Waals surface area contributed by atoms with Gasteiger partial charge < -0.3 is 30.3 Å². The molecule has 30 heavy (non-hydrogen) atoms. The summed E-state index contributed by atoms with van der Waals surface area (Å²) in [4.78, 5) is 0. The van der Waals surface area contributed by atoms with E-state index >= 15 is 0 Å². The van der Waals surface area contributed by atoms with Crippen LogP contribution in [0.2, 0.25) is 0 Å². The smallest absolute Gasteiger partial charge is 0.123 e. The van der Waals surface area contributed by atoms with Crippen LogP contribution in [-0.2, 0) is 4.74 Å². The fourth-order valence-corrected chi connectivity index (χ4v) is 3.57. The summed E-state index contributed by atoms with van der Waals surface area (Å²) in [5.74, 6) is 0.174. The van der Waals surface area contributed by atoms with Crippen molar-refractivity contribution in [1.29, 1.82) is 0 Å². The van der Waals surface area contributed by atoms with Gasteiger partial charge in [-0.2, -0.15) is 5.11 Å². The molecular weight excluding hydrogens is 388 g/mol. The molecule has 3 aromatic carbocycles. The average molecular weight is 410 g/mol. The van der Waals surface area contributed by atoms with Crippen LogP contribution in [0.5, 0.6) is 5.75 Å². The van der Waals surface area contributed by atoms with Crippen molar-refractivity contribution in [2.75, 3.05) is 6.61 Å². The van der Waals surface area contributed by atoms with Gasteiger partial charge in [0, 0.05) is 10.8 Å². The number of aromatic hydroxyl groups is 1. The third kappa shape index (κ3) is 3.79. The average Bonchev–Trinajstić information content (AvgIpc) is 2.78. The zero-order chi connectivity index (χ0) is 21.3. The summed E-state index contributed by atoms with van der Waals surface area (Å²) >= 11 is 0. The number of aliphatic hydroxyl groups excluding tert-OH is 4. The fraction of sp³-hybridized carbons (Fsp3) is 0.273. The van der Waals surface area contributed by atoms with Gasteiger partial charge in [0.25, 0.3) is 0 Å². The van der Waals surface area contributed by atoms with Crippen LogP contribution in [0.3, 0.4) is 0 Å². The molecule has 0 aromatic heterocycles. The Morgan fingerprint density at radius 2 is 1.47 bits per heavy atom. The van der Waals surface area contributed by atoms with Gasteiger partial charge in [0.05, 0.1) is 18.0 Å². The first-order chi connectivity index (χ1) is 14.5. The van der Waals surface area contributed by atoms with E-state index in [-0.39, 0.29) is 5.75 Å². The molecule has 3 aromatic rings. The van der Waals surface area contributed by atoms with Gasteiger partial charge in [-0.25, -0.2) is 0 Å². The number of phenolic OH excluding ortho intramolecular Hbond substituents is 1. The lowest BCUT2D eigenvalue weighted by Gasteiger charge is -2.40. The summed E-state index contributed by atoms with van der Waals surface area (Å²) in [6, 6.07) is 17.3. The predicted molar refractivity (Wildman–Crippen MR) is 109 cm³/mol. The third-order valence-electron chi connectivity index (χ3n) is 5.27. The van der Waals surface area contributed by atoms with Crippen LogP contribution in [-0.4, -0.2) is 56.6 Å².